The lowest BCUT2D eigenvalue weighted by Gasteiger charge is -2.11. The van der Waals surface area contributed by atoms with Crippen LogP contribution in [0.3, 0.4) is 0 Å². The summed E-state index contributed by atoms with van der Waals surface area (Å²) in [5.41, 5.74) is 1.72. The van der Waals surface area contributed by atoms with Crippen molar-refractivity contribution in [2.24, 2.45) is 0 Å². The van der Waals surface area contributed by atoms with Gasteiger partial charge in [-0.1, -0.05) is 66.2 Å². The number of amides is 3. The lowest BCUT2D eigenvalue weighted by molar-refractivity contribution is -0.123. The van der Waals surface area contributed by atoms with Crippen LogP contribution < -0.4 is 10.9 Å². The largest absolute Gasteiger partial charge is 0.329 e. The number of halogens is 2. The number of carbonyl (C=O) groups excluding carboxylic acids is 2. The lowest BCUT2D eigenvalue weighted by Crippen LogP contribution is -2.30. The van der Waals surface area contributed by atoms with Crippen LogP contribution >= 0.6 is 11.6 Å². The predicted octanol–water partition coefficient (Wildman–Crippen LogP) is 4.72. The summed E-state index contributed by atoms with van der Waals surface area (Å²) in [6, 6.07) is 21.0. The fraction of sp³-hybridized carbons (Fsp3) is 0.0385. The van der Waals surface area contributed by atoms with Crippen LogP contribution in [-0.2, 0) is 11.3 Å². The Bertz CT molecular complexity index is 1540. The summed E-state index contributed by atoms with van der Waals surface area (Å²) < 4.78 is 14.8. The van der Waals surface area contributed by atoms with Gasteiger partial charge in [0, 0.05) is 5.56 Å². The number of carbonyl (C=O) groups is 2. The molecule has 0 saturated carbocycles. The number of benzene rings is 3. The van der Waals surface area contributed by atoms with Crippen LogP contribution in [0.2, 0.25) is 5.02 Å². The van der Waals surface area contributed by atoms with E-state index in [1.165, 1.54) is 29.0 Å². The summed E-state index contributed by atoms with van der Waals surface area (Å²) in [6.45, 7) is -0.109. The van der Waals surface area contributed by atoms with Crippen molar-refractivity contribution in [3.8, 4) is 16.9 Å². The molecule has 2 N–H and O–H groups in total. The van der Waals surface area contributed by atoms with Gasteiger partial charge in [-0.25, -0.2) is 13.9 Å². The van der Waals surface area contributed by atoms with Crippen molar-refractivity contribution in [1.29, 1.82) is 0 Å². The van der Waals surface area contributed by atoms with Crippen molar-refractivity contribution < 1.29 is 14.0 Å². The minimum absolute atomic E-state index is 0.0639. The molecular weight excluding hydrogens is 471 g/mol. The second-order valence-electron chi connectivity index (χ2n) is 7.87. The van der Waals surface area contributed by atoms with Crippen molar-refractivity contribution in [3.63, 3.8) is 0 Å². The number of para-hydroxylation sites is 1. The van der Waals surface area contributed by atoms with Crippen molar-refractivity contribution in [2.45, 2.75) is 6.54 Å². The molecule has 3 amide bonds. The Balaban J connectivity index is 1.58. The van der Waals surface area contributed by atoms with E-state index >= 15 is 0 Å². The van der Waals surface area contributed by atoms with Crippen LogP contribution in [0.5, 0.6) is 0 Å². The van der Waals surface area contributed by atoms with Crippen LogP contribution in [0.1, 0.15) is 11.1 Å². The van der Waals surface area contributed by atoms with Crippen molar-refractivity contribution in [2.75, 3.05) is 0 Å². The Kier molecular flexibility index (Phi) is 5.80. The van der Waals surface area contributed by atoms with E-state index in [0.717, 1.165) is 4.90 Å². The summed E-state index contributed by atoms with van der Waals surface area (Å²) in [5.74, 6) is -1.09. The van der Waals surface area contributed by atoms with E-state index < -0.39 is 23.3 Å². The number of nitrogens with one attached hydrogen (secondary N) is 2. The van der Waals surface area contributed by atoms with Gasteiger partial charge in [0.1, 0.15) is 11.5 Å². The third kappa shape index (κ3) is 4.27. The third-order valence-electron chi connectivity index (χ3n) is 5.56. The van der Waals surface area contributed by atoms with E-state index in [-0.39, 0.29) is 17.8 Å². The number of hydrogen-bond donors (Lipinski definition) is 2. The number of H-pyrrole nitrogens is 1. The number of nitrogens with zero attached hydrogens (tertiary/aromatic N) is 2. The van der Waals surface area contributed by atoms with E-state index in [9.17, 15) is 18.8 Å². The minimum atomic E-state index is -0.659. The Morgan fingerprint density at radius 2 is 1.66 bits per heavy atom. The smallest absolute Gasteiger partial charge is 0.303 e. The normalized spacial score (nSPS) is 14.6. The number of aromatic amines is 1. The highest BCUT2D eigenvalue weighted by Crippen LogP contribution is 2.26. The summed E-state index contributed by atoms with van der Waals surface area (Å²) in [6.07, 6.45) is 1.35. The van der Waals surface area contributed by atoms with Crippen molar-refractivity contribution in [3.05, 3.63) is 117 Å². The van der Waals surface area contributed by atoms with Crippen LogP contribution in [0.4, 0.5) is 9.18 Å². The Morgan fingerprint density at radius 1 is 0.914 bits per heavy atom. The highest BCUT2D eigenvalue weighted by atomic mass is 35.5. The fourth-order valence-corrected chi connectivity index (χ4v) is 4.11. The quantitative estimate of drug-likeness (QED) is 0.315. The zero-order valence-electron chi connectivity index (χ0n) is 18.2. The van der Waals surface area contributed by atoms with Gasteiger partial charge in [0.25, 0.3) is 11.5 Å². The van der Waals surface area contributed by atoms with Gasteiger partial charge in [0.15, 0.2) is 0 Å². The van der Waals surface area contributed by atoms with E-state index in [1.54, 1.807) is 30.3 Å². The average molecular weight is 489 g/mol. The fourth-order valence-electron chi connectivity index (χ4n) is 3.89. The summed E-state index contributed by atoms with van der Waals surface area (Å²) >= 11 is 6.32. The summed E-state index contributed by atoms with van der Waals surface area (Å²) in [5, 5.41) is 5.96. The molecule has 1 fully saturated rings. The summed E-state index contributed by atoms with van der Waals surface area (Å²) in [7, 11) is 0. The first-order chi connectivity index (χ1) is 16.9. The molecule has 1 aliphatic heterocycles. The zero-order valence-corrected chi connectivity index (χ0v) is 18.9. The van der Waals surface area contributed by atoms with Gasteiger partial charge in [0.05, 0.1) is 28.5 Å². The zero-order chi connectivity index (χ0) is 24.5. The van der Waals surface area contributed by atoms with E-state index in [4.69, 9.17) is 11.6 Å². The second kappa shape index (κ2) is 9.08. The van der Waals surface area contributed by atoms with E-state index in [0.29, 0.717) is 27.5 Å². The molecule has 0 radical (unpaired) electrons. The standard InChI is InChI=1S/C26H18ClFN4O3/c27-20-11-4-5-12-22(20)32-24(33)19(23(30-32)17-8-2-1-3-9-17)14-21-25(34)31(26(35)29-21)15-16-7-6-10-18(28)13-16/h1-14,30H,15H2,(H,29,35). The van der Waals surface area contributed by atoms with Gasteiger partial charge >= 0.3 is 6.03 Å². The Labute approximate surface area is 204 Å². The monoisotopic (exact) mass is 488 g/mol. The highest BCUT2D eigenvalue weighted by Gasteiger charge is 2.34. The molecule has 1 aliphatic rings. The number of hydrogen-bond acceptors (Lipinski definition) is 3. The SMILES string of the molecule is O=C1NC(=Cc2c(-c3ccccc3)[nH]n(-c3ccccc3Cl)c2=O)C(=O)N1Cc1cccc(F)c1. The topological polar surface area (TPSA) is 87.2 Å². The van der Waals surface area contributed by atoms with Crippen LogP contribution in [0, 0.1) is 5.82 Å². The molecule has 2 heterocycles. The maximum atomic E-state index is 13.6. The van der Waals surface area contributed by atoms with Gasteiger partial charge in [-0.15, -0.1) is 0 Å². The maximum absolute atomic E-state index is 13.6. The maximum Gasteiger partial charge on any atom is 0.329 e. The van der Waals surface area contributed by atoms with Gasteiger partial charge in [-0.2, -0.15) is 0 Å². The van der Waals surface area contributed by atoms with Gasteiger partial charge < -0.3 is 5.32 Å². The molecular formula is C26H18ClFN4O3. The molecule has 0 bridgehead atoms. The van der Waals surface area contributed by atoms with E-state index in [1.807, 2.05) is 30.3 Å². The first-order valence-electron chi connectivity index (χ1n) is 10.7. The number of aromatic nitrogens is 2. The van der Waals surface area contributed by atoms with Gasteiger partial charge in [0.2, 0.25) is 0 Å². The van der Waals surface area contributed by atoms with Crippen molar-refractivity contribution in [1.82, 2.24) is 20.0 Å². The Hall–Kier alpha value is -4.43. The van der Waals surface area contributed by atoms with Crippen LogP contribution in [-0.4, -0.2) is 26.6 Å². The first kappa shape index (κ1) is 22.4. The number of rotatable bonds is 5. The molecule has 3 aromatic carbocycles. The molecule has 1 aromatic heterocycles. The third-order valence-corrected chi connectivity index (χ3v) is 5.88. The molecule has 0 unspecified atom stereocenters. The molecule has 4 aromatic rings. The lowest BCUT2D eigenvalue weighted by atomic mass is 10.1. The minimum Gasteiger partial charge on any atom is -0.303 e. The van der Waals surface area contributed by atoms with Gasteiger partial charge in [-0.3, -0.25) is 19.6 Å². The van der Waals surface area contributed by atoms with E-state index in [2.05, 4.69) is 10.4 Å². The number of imide groups is 1. The molecule has 1 saturated heterocycles. The molecule has 0 spiro atoms. The second-order valence-corrected chi connectivity index (χ2v) is 8.28. The molecule has 35 heavy (non-hydrogen) atoms. The Morgan fingerprint density at radius 3 is 2.40 bits per heavy atom. The van der Waals surface area contributed by atoms with Crippen LogP contribution in [0.15, 0.2) is 89.4 Å². The van der Waals surface area contributed by atoms with Crippen LogP contribution in [0.25, 0.3) is 23.0 Å². The number of urea groups is 1. The molecule has 174 valence electrons. The molecule has 5 rings (SSSR count). The molecule has 0 aliphatic carbocycles. The highest BCUT2D eigenvalue weighted by molar-refractivity contribution is 6.32. The van der Waals surface area contributed by atoms with Crippen molar-refractivity contribution >= 4 is 29.6 Å². The van der Waals surface area contributed by atoms with Gasteiger partial charge in [-0.05, 0) is 35.9 Å². The predicted molar refractivity (Wildman–Crippen MR) is 130 cm³/mol. The summed E-state index contributed by atoms with van der Waals surface area (Å²) in [4.78, 5) is 40.0. The first-order valence-corrected chi connectivity index (χ1v) is 11.0. The molecule has 7 nitrogen and oxygen atoms in total. The average Bonchev–Trinajstić information content (AvgIpc) is 3.31. The molecule has 9 heteroatoms. The molecule has 0 atom stereocenters.